The topological polar surface area (TPSA) is 52.9 Å². The van der Waals surface area contributed by atoms with Gasteiger partial charge in [0, 0.05) is 36.6 Å². The number of rotatable bonds is 3. The lowest BCUT2D eigenvalue weighted by Gasteiger charge is -2.43. The Morgan fingerprint density at radius 2 is 1.77 bits per heavy atom. The number of carboxylic acids is 1. The lowest BCUT2D eigenvalue weighted by Crippen LogP contribution is -2.18. The minimum absolute atomic E-state index is 0.319. The highest BCUT2D eigenvalue weighted by Crippen LogP contribution is 2.66. The smallest absolute Gasteiger partial charge is 0.336 e. The third-order valence-corrected chi connectivity index (χ3v) is 8.64. The van der Waals surface area contributed by atoms with Crippen molar-refractivity contribution in [2.45, 2.75) is 4.90 Å². The van der Waals surface area contributed by atoms with E-state index in [1.807, 2.05) is 32.3 Å². The fraction of sp³-hybridized carbons (Fsp3) is 0.200. The largest absolute Gasteiger partial charge is 0.478 e. The van der Waals surface area contributed by atoms with E-state index >= 15 is 0 Å². The van der Waals surface area contributed by atoms with Crippen LogP contribution in [0.25, 0.3) is 5.57 Å². The van der Waals surface area contributed by atoms with Crippen LogP contribution in [0.3, 0.4) is 0 Å². The Hall–Kier alpha value is -3.05. The molecule has 0 spiro atoms. The number of allylic oxidation sites excluding steroid dienone is 4. The number of fused-ring (bicyclic) bond motifs is 2. The number of carbonyl (C=O) groups is 1. The van der Waals surface area contributed by atoms with Crippen molar-refractivity contribution in [3.63, 3.8) is 0 Å². The minimum atomic E-state index is -1.32. The highest BCUT2D eigenvalue weighted by atomic mass is 32.3. The summed E-state index contributed by atoms with van der Waals surface area (Å²) in [4.78, 5) is 21.0. The molecule has 5 heteroatoms. The monoisotopic (exact) mass is 418 g/mol. The first-order valence-electron chi connectivity index (χ1n) is 9.74. The number of anilines is 1. The average Bonchev–Trinajstić information content (AvgIpc) is 2.73. The van der Waals surface area contributed by atoms with Crippen LogP contribution >= 0.6 is 10.0 Å². The molecule has 0 unspecified atom stereocenters. The lowest BCUT2D eigenvalue weighted by atomic mass is 9.87. The van der Waals surface area contributed by atoms with Gasteiger partial charge in [0.2, 0.25) is 0 Å². The van der Waals surface area contributed by atoms with Gasteiger partial charge in [0.25, 0.3) is 0 Å². The SMILES string of the molecule is C/N=C1\C=CC2=C(c3ccccc3C(=O)O)c3ccc(N(C)C)cc3S(C)(C)C2=C1. The van der Waals surface area contributed by atoms with E-state index in [1.54, 1.807) is 19.2 Å². The van der Waals surface area contributed by atoms with Gasteiger partial charge in [-0.15, -0.1) is 0 Å². The number of nitrogens with zero attached hydrogens (tertiary/aromatic N) is 2. The molecule has 0 saturated carbocycles. The Morgan fingerprint density at radius 1 is 1.03 bits per heavy atom. The quantitative estimate of drug-likeness (QED) is 0.744. The van der Waals surface area contributed by atoms with Crippen LogP contribution in [0.1, 0.15) is 21.5 Å². The van der Waals surface area contributed by atoms with Crippen LogP contribution in [0, 0.1) is 0 Å². The van der Waals surface area contributed by atoms with Gasteiger partial charge in [0.1, 0.15) is 0 Å². The van der Waals surface area contributed by atoms with Gasteiger partial charge in [-0.2, -0.15) is 10.0 Å². The highest BCUT2D eigenvalue weighted by molar-refractivity contribution is 8.36. The van der Waals surface area contributed by atoms with Crippen LogP contribution < -0.4 is 4.90 Å². The Bertz CT molecular complexity index is 1180. The summed E-state index contributed by atoms with van der Waals surface area (Å²) in [5, 5.41) is 9.86. The van der Waals surface area contributed by atoms with Gasteiger partial charge in [0.05, 0.1) is 11.3 Å². The zero-order chi connectivity index (χ0) is 21.6. The second kappa shape index (κ2) is 7.33. The Kier molecular flexibility index (Phi) is 4.94. The van der Waals surface area contributed by atoms with E-state index in [9.17, 15) is 9.90 Å². The van der Waals surface area contributed by atoms with Crippen molar-refractivity contribution < 1.29 is 9.90 Å². The van der Waals surface area contributed by atoms with Gasteiger partial charge in [-0.1, -0.05) is 30.3 Å². The minimum Gasteiger partial charge on any atom is -0.478 e. The van der Waals surface area contributed by atoms with Crippen molar-refractivity contribution in [3.05, 3.63) is 87.9 Å². The number of benzene rings is 2. The molecule has 1 aliphatic heterocycles. The Labute approximate surface area is 179 Å². The van der Waals surface area contributed by atoms with E-state index in [0.29, 0.717) is 5.56 Å². The van der Waals surface area contributed by atoms with Crippen molar-refractivity contribution >= 4 is 33.0 Å². The molecule has 1 heterocycles. The maximum absolute atomic E-state index is 12.0. The van der Waals surface area contributed by atoms with Crippen molar-refractivity contribution in [1.82, 2.24) is 0 Å². The summed E-state index contributed by atoms with van der Waals surface area (Å²) in [7, 11) is 4.56. The summed E-state index contributed by atoms with van der Waals surface area (Å²) in [5.74, 6) is -0.913. The molecule has 0 fully saturated rings. The molecule has 2 aliphatic rings. The van der Waals surface area contributed by atoms with Crippen LogP contribution in [0.2, 0.25) is 0 Å². The van der Waals surface area contributed by atoms with E-state index in [0.717, 1.165) is 33.7 Å². The fourth-order valence-electron chi connectivity index (χ4n) is 4.14. The van der Waals surface area contributed by atoms with Crippen molar-refractivity contribution in [2.75, 3.05) is 38.6 Å². The van der Waals surface area contributed by atoms with Gasteiger partial charge < -0.3 is 10.0 Å². The lowest BCUT2D eigenvalue weighted by molar-refractivity contribution is 0.0696. The molecule has 0 bridgehead atoms. The Morgan fingerprint density at radius 3 is 2.43 bits per heavy atom. The maximum Gasteiger partial charge on any atom is 0.336 e. The number of carboxylic acid groups (broad SMARTS) is 1. The molecule has 154 valence electrons. The molecule has 0 amide bonds. The number of aromatic carboxylic acids is 1. The highest BCUT2D eigenvalue weighted by Gasteiger charge is 2.35. The summed E-state index contributed by atoms with van der Waals surface area (Å²) in [6.45, 7) is 0. The summed E-state index contributed by atoms with van der Waals surface area (Å²) in [6.07, 6.45) is 10.9. The molecule has 0 aromatic heterocycles. The van der Waals surface area contributed by atoms with Gasteiger partial charge in [0.15, 0.2) is 0 Å². The van der Waals surface area contributed by atoms with Gasteiger partial charge in [-0.25, -0.2) is 4.79 Å². The number of aliphatic imine (C=N–C) groups is 1. The molecule has 2 aromatic carbocycles. The van der Waals surface area contributed by atoms with E-state index in [-0.39, 0.29) is 0 Å². The van der Waals surface area contributed by atoms with Crippen LogP contribution in [0.4, 0.5) is 5.69 Å². The second-order valence-electron chi connectivity index (χ2n) is 8.03. The standard InChI is InChI=1S/C25H26N2O2S/c1-26-16-10-12-20-22(14-16)30(4,5)23-15-17(27(2)3)11-13-21(23)24(20)18-8-6-7-9-19(18)25(28)29/h6-15H,1-5H3,(H,28,29)/b26-16+. The van der Waals surface area contributed by atoms with Crippen molar-refractivity contribution in [2.24, 2.45) is 4.99 Å². The molecule has 0 radical (unpaired) electrons. The molecule has 2 aromatic rings. The second-order valence-corrected chi connectivity index (χ2v) is 11.6. The summed E-state index contributed by atoms with van der Waals surface area (Å²) in [6, 6.07) is 13.8. The first-order chi connectivity index (χ1) is 14.3. The molecule has 4 rings (SSSR count). The van der Waals surface area contributed by atoms with Crippen LogP contribution in [-0.2, 0) is 0 Å². The Balaban J connectivity index is 2.12. The summed E-state index contributed by atoms with van der Waals surface area (Å²) in [5.41, 5.74) is 6.34. The van der Waals surface area contributed by atoms with Crippen molar-refractivity contribution in [1.29, 1.82) is 0 Å². The van der Waals surface area contributed by atoms with Crippen LogP contribution in [0.15, 0.2) is 81.1 Å². The van der Waals surface area contributed by atoms with E-state index in [4.69, 9.17) is 0 Å². The van der Waals surface area contributed by atoms with E-state index in [2.05, 4.69) is 52.8 Å². The zero-order valence-corrected chi connectivity index (χ0v) is 18.7. The van der Waals surface area contributed by atoms with Crippen molar-refractivity contribution in [3.8, 4) is 0 Å². The molecule has 1 N–H and O–H groups in total. The predicted molar refractivity (Wildman–Crippen MR) is 128 cm³/mol. The van der Waals surface area contributed by atoms with Gasteiger partial charge in [-0.05, 0) is 65.1 Å². The number of hydrogen-bond acceptors (Lipinski definition) is 3. The molecule has 0 saturated heterocycles. The molecule has 0 atom stereocenters. The zero-order valence-electron chi connectivity index (χ0n) is 17.9. The van der Waals surface area contributed by atoms with Gasteiger partial charge in [-0.3, -0.25) is 4.99 Å². The first kappa shape index (κ1) is 20.2. The van der Waals surface area contributed by atoms with E-state index in [1.165, 1.54) is 9.80 Å². The summed E-state index contributed by atoms with van der Waals surface area (Å²) >= 11 is 0. The molecular formula is C25H26N2O2S. The third kappa shape index (κ3) is 3.10. The molecule has 30 heavy (non-hydrogen) atoms. The molecular weight excluding hydrogens is 392 g/mol. The molecule has 1 aliphatic carbocycles. The average molecular weight is 419 g/mol. The first-order valence-corrected chi connectivity index (χ1v) is 12.2. The molecule has 4 nitrogen and oxygen atoms in total. The number of hydrogen-bond donors (Lipinski definition) is 1. The maximum atomic E-state index is 12.0. The van der Waals surface area contributed by atoms with E-state index < -0.39 is 16.0 Å². The fourth-order valence-corrected chi connectivity index (χ4v) is 6.65. The van der Waals surface area contributed by atoms with Gasteiger partial charge >= 0.3 is 5.97 Å². The normalized spacial score (nSPS) is 19.1. The van der Waals surface area contributed by atoms with Crippen LogP contribution in [-0.4, -0.2) is 50.4 Å². The summed E-state index contributed by atoms with van der Waals surface area (Å²) < 4.78 is 0. The predicted octanol–water partition coefficient (Wildman–Crippen LogP) is 5.21. The third-order valence-electron chi connectivity index (χ3n) is 5.77. The van der Waals surface area contributed by atoms with Crippen LogP contribution in [0.5, 0.6) is 0 Å².